The van der Waals surface area contributed by atoms with Crippen molar-refractivity contribution in [1.29, 1.82) is 0 Å². The Labute approximate surface area is 126 Å². The normalized spacial score (nSPS) is 9.90. The summed E-state index contributed by atoms with van der Waals surface area (Å²) in [4.78, 5) is 3.95. The van der Waals surface area contributed by atoms with Gasteiger partial charge in [-0.15, -0.1) is 10.2 Å². The quantitative estimate of drug-likeness (QED) is 0.548. The number of benzene rings is 1. The molecule has 0 fully saturated rings. The Bertz CT molecular complexity index is 760. The zero-order valence-corrected chi connectivity index (χ0v) is 11.9. The van der Waals surface area contributed by atoms with Gasteiger partial charge in [0.2, 0.25) is 5.89 Å². The van der Waals surface area contributed by atoms with E-state index in [0.717, 1.165) is 11.1 Å². The van der Waals surface area contributed by atoms with Gasteiger partial charge < -0.3 is 4.42 Å². The third-order valence-electron chi connectivity index (χ3n) is 2.61. The van der Waals surface area contributed by atoms with Gasteiger partial charge in [-0.05, 0) is 24.3 Å². The topological polar surface area (TPSA) is 51.8 Å². The van der Waals surface area contributed by atoms with E-state index < -0.39 is 0 Å². The molecule has 0 unspecified atom stereocenters. The Morgan fingerprint density at radius 3 is 2.62 bits per heavy atom. The van der Waals surface area contributed by atoms with Crippen molar-refractivity contribution in [2.45, 2.75) is 5.22 Å². The number of thioether (sulfide) groups is 1. The van der Waals surface area contributed by atoms with E-state index in [-0.39, 0.29) is 0 Å². The van der Waals surface area contributed by atoms with E-state index in [0.29, 0.717) is 16.9 Å². The molecule has 0 N–H and O–H groups in total. The van der Waals surface area contributed by atoms with Gasteiger partial charge in [0.1, 0.15) is 0 Å². The fourth-order valence-electron chi connectivity index (χ4n) is 1.64. The molecule has 0 atom stereocenters. The highest BCUT2D eigenvalue weighted by Gasteiger charge is 2.07. The number of aromatic nitrogens is 3. The maximum absolute atomic E-state index is 5.57. The second-order valence-electron chi connectivity index (χ2n) is 4.07. The summed E-state index contributed by atoms with van der Waals surface area (Å²) in [5.74, 6) is 7.26. The van der Waals surface area contributed by atoms with Crippen LogP contribution in [0.1, 0.15) is 5.56 Å². The first-order chi connectivity index (χ1) is 10.4. The summed E-state index contributed by atoms with van der Waals surface area (Å²) in [7, 11) is 0. The van der Waals surface area contributed by atoms with Crippen LogP contribution in [0.4, 0.5) is 0 Å². The Hall–Kier alpha value is -2.58. The molecule has 3 aromatic rings. The molecule has 0 aliphatic heterocycles. The number of rotatable bonds is 3. The van der Waals surface area contributed by atoms with Gasteiger partial charge in [0.05, 0.1) is 5.75 Å². The summed E-state index contributed by atoms with van der Waals surface area (Å²) in [6.07, 6.45) is 3.38. The third kappa shape index (κ3) is 3.71. The summed E-state index contributed by atoms with van der Waals surface area (Å²) < 4.78 is 5.57. The zero-order chi connectivity index (χ0) is 14.3. The van der Waals surface area contributed by atoms with Crippen LogP contribution in [0.3, 0.4) is 0 Å². The van der Waals surface area contributed by atoms with Crippen LogP contribution in [0, 0.1) is 11.8 Å². The third-order valence-corrected chi connectivity index (χ3v) is 3.31. The lowest BCUT2D eigenvalue weighted by Crippen LogP contribution is -1.77. The predicted octanol–water partition coefficient (Wildman–Crippen LogP) is 3.28. The molecule has 1 aromatic carbocycles. The van der Waals surface area contributed by atoms with E-state index in [4.69, 9.17) is 4.42 Å². The van der Waals surface area contributed by atoms with E-state index in [9.17, 15) is 0 Å². The molecule has 0 saturated heterocycles. The van der Waals surface area contributed by atoms with Crippen LogP contribution in [0.5, 0.6) is 0 Å². The molecule has 4 nitrogen and oxygen atoms in total. The van der Waals surface area contributed by atoms with Crippen LogP contribution in [-0.4, -0.2) is 20.9 Å². The molecular weight excluding hydrogens is 282 g/mol. The molecule has 0 radical (unpaired) electrons. The van der Waals surface area contributed by atoms with E-state index >= 15 is 0 Å². The van der Waals surface area contributed by atoms with Crippen molar-refractivity contribution in [3.8, 4) is 23.3 Å². The standard InChI is InChI=1S/C16H11N3OS/c1-2-5-13(6-3-1)7-4-12-21-16-19-18-15(20-16)14-8-10-17-11-9-14/h1-3,5-6,8-11H,12H2. The van der Waals surface area contributed by atoms with Crippen molar-refractivity contribution in [1.82, 2.24) is 15.2 Å². The van der Waals surface area contributed by atoms with Crippen LogP contribution in [0.15, 0.2) is 64.5 Å². The Morgan fingerprint density at radius 2 is 1.81 bits per heavy atom. The largest absolute Gasteiger partial charge is 0.411 e. The molecule has 0 aliphatic rings. The number of nitrogens with zero attached hydrogens (tertiary/aromatic N) is 3. The second-order valence-corrected chi connectivity index (χ2v) is 4.99. The smallest absolute Gasteiger partial charge is 0.277 e. The Morgan fingerprint density at radius 1 is 1.00 bits per heavy atom. The average molecular weight is 293 g/mol. The van der Waals surface area contributed by atoms with E-state index in [1.54, 1.807) is 12.4 Å². The molecule has 0 amide bonds. The lowest BCUT2D eigenvalue weighted by atomic mass is 10.2. The van der Waals surface area contributed by atoms with Crippen molar-refractivity contribution >= 4 is 11.8 Å². The molecule has 0 saturated carbocycles. The van der Waals surface area contributed by atoms with Gasteiger partial charge in [-0.2, -0.15) is 0 Å². The SMILES string of the molecule is C(#Cc1ccccc1)CSc1nnc(-c2ccncc2)o1. The lowest BCUT2D eigenvalue weighted by Gasteiger charge is -1.91. The van der Waals surface area contributed by atoms with Crippen LogP contribution < -0.4 is 0 Å². The highest BCUT2D eigenvalue weighted by molar-refractivity contribution is 7.99. The molecule has 21 heavy (non-hydrogen) atoms. The van der Waals surface area contributed by atoms with E-state index in [1.165, 1.54) is 11.8 Å². The second kappa shape index (κ2) is 6.73. The van der Waals surface area contributed by atoms with E-state index in [1.807, 2.05) is 42.5 Å². The molecule has 102 valence electrons. The summed E-state index contributed by atoms with van der Waals surface area (Å²) in [6, 6.07) is 13.5. The molecule has 0 spiro atoms. The minimum atomic E-state index is 0.496. The molecule has 2 heterocycles. The van der Waals surface area contributed by atoms with Crippen molar-refractivity contribution < 1.29 is 4.42 Å². The minimum Gasteiger partial charge on any atom is -0.411 e. The van der Waals surface area contributed by atoms with Crippen LogP contribution in [0.25, 0.3) is 11.5 Å². The fraction of sp³-hybridized carbons (Fsp3) is 0.0625. The maximum Gasteiger partial charge on any atom is 0.277 e. The summed E-state index contributed by atoms with van der Waals surface area (Å²) in [5.41, 5.74) is 1.86. The van der Waals surface area contributed by atoms with Crippen molar-refractivity contribution in [2.24, 2.45) is 0 Å². The summed E-state index contributed by atoms with van der Waals surface area (Å²) in [6.45, 7) is 0. The van der Waals surface area contributed by atoms with Crippen molar-refractivity contribution in [3.63, 3.8) is 0 Å². The highest BCUT2D eigenvalue weighted by Crippen LogP contribution is 2.22. The van der Waals surface area contributed by atoms with Gasteiger partial charge in [0, 0.05) is 23.5 Å². The number of hydrogen-bond donors (Lipinski definition) is 0. The van der Waals surface area contributed by atoms with Crippen LogP contribution >= 0.6 is 11.8 Å². The van der Waals surface area contributed by atoms with Gasteiger partial charge in [0.15, 0.2) is 0 Å². The van der Waals surface area contributed by atoms with Crippen molar-refractivity contribution in [2.75, 3.05) is 5.75 Å². The van der Waals surface area contributed by atoms with Crippen molar-refractivity contribution in [3.05, 3.63) is 60.4 Å². The Balaban J connectivity index is 1.60. The summed E-state index contributed by atoms with van der Waals surface area (Å²) >= 11 is 1.43. The number of hydrogen-bond acceptors (Lipinski definition) is 5. The fourth-order valence-corrected chi connectivity index (χ4v) is 2.14. The predicted molar refractivity (Wildman–Crippen MR) is 81.6 cm³/mol. The molecule has 5 heteroatoms. The zero-order valence-electron chi connectivity index (χ0n) is 11.1. The Kier molecular flexibility index (Phi) is 4.30. The van der Waals surface area contributed by atoms with Gasteiger partial charge >= 0.3 is 0 Å². The van der Waals surface area contributed by atoms with Crippen LogP contribution in [-0.2, 0) is 0 Å². The van der Waals surface area contributed by atoms with E-state index in [2.05, 4.69) is 27.0 Å². The number of pyridine rings is 1. The van der Waals surface area contributed by atoms with Gasteiger partial charge in [-0.25, -0.2) is 0 Å². The average Bonchev–Trinajstić information content (AvgIpc) is 3.02. The first-order valence-electron chi connectivity index (χ1n) is 6.32. The lowest BCUT2D eigenvalue weighted by molar-refractivity contribution is 0.466. The molecular formula is C16H11N3OS. The van der Waals surface area contributed by atoms with Gasteiger partial charge in [0.25, 0.3) is 5.22 Å². The van der Waals surface area contributed by atoms with Gasteiger partial charge in [-0.1, -0.05) is 41.8 Å². The monoisotopic (exact) mass is 293 g/mol. The molecule has 2 aromatic heterocycles. The highest BCUT2D eigenvalue weighted by atomic mass is 32.2. The first-order valence-corrected chi connectivity index (χ1v) is 7.31. The maximum atomic E-state index is 5.57. The summed E-state index contributed by atoms with van der Waals surface area (Å²) in [5, 5.41) is 8.52. The molecule has 3 rings (SSSR count). The molecule has 0 aliphatic carbocycles. The van der Waals surface area contributed by atoms with Gasteiger partial charge in [-0.3, -0.25) is 4.98 Å². The first kappa shape index (κ1) is 13.4. The van der Waals surface area contributed by atoms with Crippen LogP contribution in [0.2, 0.25) is 0 Å². The molecule has 0 bridgehead atoms. The minimum absolute atomic E-state index is 0.496.